The van der Waals surface area contributed by atoms with E-state index in [0.29, 0.717) is 0 Å². The van der Waals surface area contributed by atoms with Gasteiger partial charge in [0.1, 0.15) is 6.42 Å². The van der Waals surface area contributed by atoms with Gasteiger partial charge in [-0.3, -0.25) is 0 Å². The minimum absolute atomic E-state index is 0.778. The first-order chi connectivity index (χ1) is 5.52. The Morgan fingerprint density at radius 1 is 0.923 bits per heavy atom. The van der Waals surface area contributed by atoms with Crippen LogP contribution in [0.25, 0.3) is 0 Å². The van der Waals surface area contributed by atoms with Crippen LogP contribution in [0.3, 0.4) is 0 Å². The summed E-state index contributed by atoms with van der Waals surface area (Å²) in [6.07, 6.45) is -13.3. The average molecular weight is 230 g/mol. The molecule has 0 unspecified atom stereocenters. The predicted molar refractivity (Wildman–Crippen MR) is 31.6 cm³/mol. The molecule has 0 fully saturated rings. The Balaban J connectivity index is 4.58. The maximum absolute atomic E-state index is 12.1. The summed E-state index contributed by atoms with van der Waals surface area (Å²) < 4.78 is 85.5. The number of hydrogen-bond donors (Lipinski definition) is 0. The van der Waals surface area contributed by atoms with Gasteiger partial charge in [-0.05, 0) is 0 Å². The molecule has 9 heteroatoms. The predicted octanol–water partition coefficient (Wildman–Crippen LogP) is 1.46. The largest absolute Gasteiger partial charge is 0.409 e. The summed E-state index contributed by atoms with van der Waals surface area (Å²) in [6.45, 7) is 0. The Bertz CT molecular complexity index is 176. The summed E-state index contributed by atoms with van der Waals surface area (Å²) >= 11 is 0. The quantitative estimate of drug-likeness (QED) is 0.527. The van der Waals surface area contributed by atoms with Crippen molar-refractivity contribution in [3.8, 4) is 0 Å². The van der Waals surface area contributed by atoms with Crippen molar-refractivity contribution in [2.75, 3.05) is 0 Å². The third-order valence-corrected chi connectivity index (χ3v) is 1.62. The fraction of sp³-hybridized carbons (Fsp3) is 1.00. The molecule has 0 amide bonds. The second-order valence-electron chi connectivity index (χ2n) is 2.22. The minimum atomic E-state index is -5.35. The molecule has 0 aliphatic heterocycles. The lowest BCUT2D eigenvalue weighted by atomic mass is 10.2. The first-order valence-corrected chi connectivity index (χ1v) is 3.71. The SMILES string of the molecule is FC(F)(F)CC(F)(F)C(F)(F)O[SiH3]. The topological polar surface area (TPSA) is 9.23 Å². The van der Waals surface area contributed by atoms with Gasteiger partial charge in [-0.1, -0.05) is 0 Å². The monoisotopic (exact) mass is 230 g/mol. The summed E-state index contributed by atoms with van der Waals surface area (Å²) in [5, 5.41) is 0. The molecule has 1 nitrogen and oxygen atoms in total. The van der Waals surface area contributed by atoms with E-state index in [4.69, 9.17) is 0 Å². The summed E-state index contributed by atoms with van der Waals surface area (Å²) in [5.41, 5.74) is 0. The van der Waals surface area contributed by atoms with Crippen molar-refractivity contribution >= 4 is 10.5 Å². The highest BCUT2D eigenvalue weighted by molar-refractivity contribution is 5.98. The standard InChI is InChI=1S/C4H5F7OSi/c5-2(6,1-3(7,8)9)4(10,11)12-13/h1H2,13H3. The molecule has 0 aliphatic carbocycles. The average Bonchev–Trinajstić information content (AvgIpc) is 1.81. The lowest BCUT2D eigenvalue weighted by molar-refractivity contribution is -0.334. The smallest absolute Gasteiger partial charge is 0.369 e. The van der Waals surface area contributed by atoms with Crippen molar-refractivity contribution in [2.24, 2.45) is 0 Å². The zero-order valence-electron chi connectivity index (χ0n) is 6.26. The molecule has 0 saturated heterocycles. The van der Waals surface area contributed by atoms with Crippen LogP contribution >= 0.6 is 0 Å². The van der Waals surface area contributed by atoms with Crippen molar-refractivity contribution in [2.45, 2.75) is 24.6 Å². The molecule has 0 aromatic rings. The number of hydrogen-bond acceptors (Lipinski definition) is 1. The fourth-order valence-corrected chi connectivity index (χ4v) is 0.803. The fourth-order valence-electron chi connectivity index (χ4n) is 0.504. The highest BCUT2D eigenvalue weighted by Crippen LogP contribution is 2.42. The number of rotatable bonds is 3. The van der Waals surface area contributed by atoms with E-state index in [1.807, 2.05) is 0 Å². The van der Waals surface area contributed by atoms with Gasteiger partial charge in [0.05, 0.1) is 0 Å². The summed E-state index contributed by atoms with van der Waals surface area (Å²) in [4.78, 5) is 0. The Labute approximate surface area is 71.4 Å². The lowest BCUT2D eigenvalue weighted by Gasteiger charge is -2.25. The minimum Gasteiger partial charge on any atom is -0.369 e. The first kappa shape index (κ1) is 12.7. The summed E-state index contributed by atoms with van der Waals surface area (Å²) in [6, 6.07) is 0. The van der Waals surface area contributed by atoms with Gasteiger partial charge < -0.3 is 4.43 Å². The molecule has 0 bridgehead atoms. The summed E-state index contributed by atoms with van der Waals surface area (Å²) in [7, 11) is -0.778. The molecule has 13 heavy (non-hydrogen) atoms. The van der Waals surface area contributed by atoms with Crippen molar-refractivity contribution in [1.29, 1.82) is 0 Å². The van der Waals surface area contributed by atoms with E-state index in [1.54, 1.807) is 0 Å². The van der Waals surface area contributed by atoms with Crippen molar-refractivity contribution in [3.63, 3.8) is 0 Å². The van der Waals surface area contributed by atoms with E-state index in [9.17, 15) is 30.7 Å². The van der Waals surface area contributed by atoms with E-state index >= 15 is 0 Å². The van der Waals surface area contributed by atoms with Crippen molar-refractivity contribution < 1.29 is 35.2 Å². The third-order valence-electron chi connectivity index (χ3n) is 1.10. The third kappa shape index (κ3) is 3.51. The molecule has 0 saturated carbocycles. The van der Waals surface area contributed by atoms with Gasteiger partial charge in [0, 0.05) is 0 Å². The molecule has 0 heterocycles. The van der Waals surface area contributed by atoms with E-state index in [0.717, 1.165) is 0 Å². The van der Waals surface area contributed by atoms with Crippen LogP contribution in [0.4, 0.5) is 30.7 Å². The van der Waals surface area contributed by atoms with Crippen LogP contribution in [0.2, 0.25) is 0 Å². The zero-order valence-corrected chi connectivity index (χ0v) is 8.26. The molecule has 0 rings (SSSR count). The molecule has 80 valence electrons. The van der Waals surface area contributed by atoms with Crippen LogP contribution in [0.5, 0.6) is 0 Å². The second kappa shape index (κ2) is 3.44. The van der Waals surface area contributed by atoms with Gasteiger partial charge in [-0.25, -0.2) is 0 Å². The van der Waals surface area contributed by atoms with Crippen molar-refractivity contribution in [3.05, 3.63) is 0 Å². The second-order valence-corrected chi connectivity index (χ2v) is 2.63. The van der Waals surface area contributed by atoms with Crippen LogP contribution in [0, 0.1) is 0 Å². The lowest BCUT2D eigenvalue weighted by Crippen LogP contribution is -2.45. The van der Waals surface area contributed by atoms with Gasteiger partial charge >= 0.3 is 18.2 Å². The maximum atomic E-state index is 12.1. The molecule has 0 atom stereocenters. The first-order valence-electron chi connectivity index (χ1n) is 2.89. The maximum Gasteiger partial charge on any atom is 0.409 e. The molecule has 0 aromatic heterocycles. The van der Waals surface area contributed by atoms with Crippen LogP contribution in [0.1, 0.15) is 6.42 Å². The summed E-state index contributed by atoms with van der Waals surface area (Å²) in [5.74, 6) is -5.22. The molecule has 0 aliphatic rings. The molecule has 0 radical (unpaired) electrons. The number of alkyl halides is 7. The molecule has 0 N–H and O–H groups in total. The van der Waals surface area contributed by atoms with Gasteiger partial charge in [0.15, 0.2) is 10.5 Å². The van der Waals surface area contributed by atoms with Gasteiger partial charge in [0.2, 0.25) is 0 Å². The molecule has 0 aromatic carbocycles. The molecular formula is C4H5F7OSi. The van der Waals surface area contributed by atoms with Crippen molar-refractivity contribution in [1.82, 2.24) is 0 Å². The Morgan fingerprint density at radius 3 is 1.54 bits per heavy atom. The molecule has 0 spiro atoms. The van der Waals surface area contributed by atoms with Gasteiger partial charge in [0.25, 0.3) is 0 Å². The normalized spacial score (nSPS) is 15.0. The highest BCUT2D eigenvalue weighted by atomic mass is 28.2. The van der Waals surface area contributed by atoms with E-state index in [2.05, 4.69) is 4.43 Å². The van der Waals surface area contributed by atoms with E-state index in [-0.39, 0.29) is 0 Å². The van der Waals surface area contributed by atoms with Crippen LogP contribution < -0.4 is 0 Å². The zero-order chi connectivity index (χ0) is 10.9. The van der Waals surface area contributed by atoms with Crippen LogP contribution in [-0.2, 0) is 4.43 Å². The Morgan fingerprint density at radius 2 is 1.31 bits per heavy atom. The van der Waals surface area contributed by atoms with Gasteiger partial charge in [-0.2, -0.15) is 30.7 Å². The van der Waals surface area contributed by atoms with Crippen LogP contribution in [-0.4, -0.2) is 28.7 Å². The Kier molecular flexibility index (Phi) is 3.36. The molecular weight excluding hydrogens is 225 g/mol. The van der Waals surface area contributed by atoms with Gasteiger partial charge in [-0.15, -0.1) is 0 Å². The Hall–Kier alpha value is -0.313. The highest BCUT2D eigenvalue weighted by Gasteiger charge is 2.61. The number of halogens is 7. The van der Waals surface area contributed by atoms with E-state index < -0.39 is 35.1 Å². The van der Waals surface area contributed by atoms with E-state index in [1.165, 1.54) is 0 Å². The van der Waals surface area contributed by atoms with Crippen LogP contribution in [0.15, 0.2) is 0 Å².